The molecule has 8 heteroatoms. The average molecular weight is 407 g/mol. The molecule has 134 valence electrons. The largest absolute Gasteiger partial charge is 0.340 e. The molecule has 0 unspecified atom stereocenters. The first kappa shape index (κ1) is 17.8. The fourth-order valence-corrected chi connectivity index (χ4v) is 3.72. The summed E-state index contributed by atoms with van der Waals surface area (Å²) in [5.41, 5.74) is 0.754. The van der Waals surface area contributed by atoms with Crippen LogP contribution in [0, 0.1) is 0 Å². The second kappa shape index (κ2) is 7.11. The summed E-state index contributed by atoms with van der Waals surface area (Å²) in [5.74, 6) is 1.46. The molecular weight excluding hydrogens is 384 g/mol. The van der Waals surface area contributed by atoms with Crippen molar-refractivity contribution in [3.05, 3.63) is 23.3 Å². The smallest absolute Gasteiger partial charge is 0.249 e. The van der Waals surface area contributed by atoms with Gasteiger partial charge in [-0.1, -0.05) is 20.8 Å². The number of carbonyl (C=O) groups is 1. The van der Waals surface area contributed by atoms with Gasteiger partial charge in [-0.2, -0.15) is 4.98 Å². The van der Waals surface area contributed by atoms with E-state index in [0.29, 0.717) is 5.95 Å². The molecular formula is C17H23BrN6O. The predicted molar refractivity (Wildman–Crippen MR) is 101 cm³/mol. The summed E-state index contributed by atoms with van der Waals surface area (Å²) in [7, 11) is 1.80. The molecule has 3 rings (SSSR count). The molecule has 0 radical (unpaired) electrons. The molecule has 0 aliphatic carbocycles. The third-order valence-electron chi connectivity index (χ3n) is 4.80. The van der Waals surface area contributed by atoms with Gasteiger partial charge >= 0.3 is 0 Å². The van der Waals surface area contributed by atoms with Crippen LogP contribution >= 0.6 is 15.9 Å². The van der Waals surface area contributed by atoms with Crippen molar-refractivity contribution in [2.24, 2.45) is 0 Å². The van der Waals surface area contributed by atoms with Crippen molar-refractivity contribution >= 4 is 33.3 Å². The van der Waals surface area contributed by atoms with E-state index in [2.05, 4.69) is 44.6 Å². The molecule has 1 amide bonds. The van der Waals surface area contributed by atoms with Crippen molar-refractivity contribution in [1.82, 2.24) is 19.5 Å². The molecule has 7 nitrogen and oxygen atoms in total. The van der Waals surface area contributed by atoms with Crippen LogP contribution in [0.4, 0.5) is 11.5 Å². The fraction of sp³-hybridized carbons (Fsp3) is 0.529. The highest BCUT2D eigenvalue weighted by atomic mass is 79.9. The fourth-order valence-electron chi connectivity index (χ4n) is 3.41. The van der Waals surface area contributed by atoms with Crippen molar-refractivity contribution in [3.8, 4) is 5.95 Å². The number of amides is 1. The van der Waals surface area contributed by atoms with Gasteiger partial charge in [0.1, 0.15) is 22.7 Å². The Balaban J connectivity index is 2.15. The number of halogens is 1. The first-order valence-electron chi connectivity index (χ1n) is 8.64. The van der Waals surface area contributed by atoms with Crippen LogP contribution in [0.1, 0.15) is 40.0 Å². The monoisotopic (exact) mass is 406 g/mol. The second-order valence-corrected chi connectivity index (χ2v) is 6.99. The Labute approximate surface area is 156 Å². The van der Waals surface area contributed by atoms with Crippen LogP contribution in [0.25, 0.3) is 5.95 Å². The lowest BCUT2D eigenvalue weighted by Gasteiger charge is -2.44. The lowest BCUT2D eigenvalue weighted by atomic mass is 10.0. The maximum absolute atomic E-state index is 12.8. The third kappa shape index (κ3) is 3.03. The number of nitrogens with zero attached hydrogens (tertiary/aromatic N) is 6. The molecule has 0 aromatic carbocycles. The molecule has 25 heavy (non-hydrogen) atoms. The van der Waals surface area contributed by atoms with Gasteiger partial charge in [0.2, 0.25) is 11.9 Å². The van der Waals surface area contributed by atoms with Crippen molar-refractivity contribution in [2.75, 3.05) is 16.8 Å². The van der Waals surface area contributed by atoms with E-state index in [0.717, 1.165) is 35.4 Å². The van der Waals surface area contributed by atoms with Crippen molar-refractivity contribution in [3.63, 3.8) is 0 Å². The van der Waals surface area contributed by atoms with E-state index >= 15 is 0 Å². The average Bonchev–Trinajstić information content (AvgIpc) is 3.06. The number of likely N-dealkylation sites (N-methyl/N-ethyl adjacent to an activating group) is 1. The molecule has 2 aromatic rings. The number of carbonyl (C=O) groups excluding carboxylic acids is 1. The molecule has 1 aliphatic rings. The van der Waals surface area contributed by atoms with Crippen LogP contribution in [0.15, 0.2) is 23.3 Å². The Hall–Kier alpha value is -1.96. The van der Waals surface area contributed by atoms with Gasteiger partial charge in [0.15, 0.2) is 5.82 Å². The summed E-state index contributed by atoms with van der Waals surface area (Å²) in [6.07, 6.45) is 7.87. The Bertz CT molecular complexity index is 772. The number of fused-ring (bicyclic) bond motifs is 1. The van der Waals surface area contributed by atoms with Crippen LogP contribution < -0.4 is 9.80 Å². The van der Waals surface area contributed by atoms with E-state index in [9.17, 15) is 4.79 Å². The minimum Gasteiger partial charge on any atom is -0.340 e. The maximum Gasteiger partial charge on any atom is 0.249 e. The number of hydrogen-bond donors (Lipinski definition) is 0. The standard InChI is InChI=1S/C17H23BrN6O/c1-5-11(6-2)24-12(7-3)16(25)22(4)13-8-19-17(21-15(13)24)23-9-14(18)20-10-23/h8-12H,5-7H2,1-4H3/t12-/m1/s1. The SMILES string of the molecule is CCC(CC)N1c2nc(-n3cnc(Br)c3)ncc2N(C)C(=O)[C@H]1CC. The zero-order valence-electron chi connectivity index (χ0n) is 15.0. The molecule has 3 heterocycles. The summed E-state index contributed by atoms with van der Waals surface area (Å²) in [6, 6.07) is 0.0679. The zero-order valence-corrected chi connectivity index (χ0v) is 16.6. The van der Waals surface area contributed by atoms with E-state index in [1.807, 2.05) is 13.1 Å². The summed E-state index contributed by atoms with van der Waals surface area (Å²) >= 11 is 3.35. The first-order valence-corrected chi connectivity index (χ1v) is 9.43. The van der Waals surface area contributed by atoms with Gasteiger partial charge in [-0.15, -0.1) is 0 Å². The van der Waals surface area contributed by atoms with Crippen LogP contribution in [0.3, 0.4) is 0 Å². The van der Waals surface area contributed by atoms with E-state index in [4.69, 9.17) is 4.98 Å². The summed E-state index contributed by atoms with van der Waals surface area (Å²) in [6.45, 7) is 6.35. The lowest BCUT2D eigenvalue weighted by molar-refractivity contribution is -0.120. The molecule has 1 aliphatic heterocycles. The Morgan fingerprint density at radius 1 is 1.24 bits per heavy atom. The summed E-state index contributed by atoms with van der Waals surface area (Å²) in [4.78, 5) is 30.1. The molecule has 0 fully saturated rings. The molecule has 2 aromatic heterocycles. The van der Waals surface area contributed by atoms with Gasteiger partial charge in [-0.3, -0.25) is 9.36 Å². The molecule has 0 N–H and O–H groups in total. The van der Waals surface area contributed by atoms with Crippen molar-refractivity contribution in [2.45, 2.75) is 52.1 Å². The van der Waals surface area contributed by atoms with E-state index < -0.39 is 0 Å². The Kier molecular flexibility index (Phi) is 5.08. The Morgan fingerprint density at radius 3 is 2.52 bits per heavy atom. The van der Waals surface area contributed by atoms with Crippen LogP contribution in [-0.4, -0.2) is 44.6 Å². The van der Waals surface area contributed by atoms with Crippen molar-refractivity contribution in [1.29, 1.82) is 0 Å². The van der Waals surface area contributed by atoms with Gasteiger partial charge in [-0.25, -0.2) is 9.97 Å². The molecule has 0 saturated carbocycles. The molecule has 1 atom stereocenters. The summed E-state index contributed by atoms with van der Waals surface area (Å²) < 4.78 is 2.50. The van der Waals surface area contributed by atoms with Crippen LogP contribution in [-0.2, 0) is 4.79 Å². The first-order chi connectivity index (χ1) is 12.0. The number of anilines is 2. The van der Waals surface area contributed by atoms with Gasteiger partial charge in [0.05, 0.1) is 6.20 Å². The van der Waals surface area contributed by atoms with Crippen LogP contribution in [0.2, 0.25) is 0 Å². The van der Waals surface area contributed by atoms with Crippen molar-refractivity contribution < 1.29 is 4.79 Å². The Morgan fingerprint density at radius 2 is 1.96 bits per heavy atom. The van der Waals surface area contributed by atoms with E-state index in [1.54, 1.807) is 29.0 Å². The van der Waals surface area contributed by atoms with Gasteiger partial charge in [0.25, 0.3) is 0 Å². The van der Waals surface area contributed by atoms with Gasteiger partial charge in [-0.05, 0) is 35.2 Å². The molecule has 0 saturated heterocycles. The molecule has 0 spiro atoms. The minimum atomic E-state index is -0.195. The quantitative estimate of drug-likeness (QED) is 0.762. The highest BCUT2D eigenvalue weighted by Crippen LogP contribution is 2.37. The zero-order chi connectivity index (χ0) is 18.1. The third-order valence-corrected chi connectivity index (χ3v) is 5.21. The van der Waals surface area contributed by atoms with E-state index in [1.165, 1.54) is 0 Å². The number of imidazole rings is 1. The summed E-state index contributed by atoms with van der Waals surface area (Å²) in [5, 5.41) is 0. The molecule has 0 bridgehead atoms. The highest BCUT2D eigenvalue weighted by Gasteiger charge is 2.39. The predicted octanol–water partition coefficient (Wildman–Crippen LogP) is 3.17. The highest BCUT2D eigenvalue weighted by molar-refractivity contribution is 9.10. The normalized spacial score (nSPS) is 17.4. The number of hydrogen-bond acceptors (Lipinski definition) is 5. The van der Waals surface area contributed by atoms with Crippen LogP contribution in [0.5, 0.6) is 0 Å². The minimum absolute atomic E-state index is 0.101. The van der Waals surface area contributed by atoms with E-state index in [-0.39, 0.29) is 18.0 Å². The topological polar surface area (TPSA) is 67.2 Å². The second-order valence-electron chi connectivity index (χ2n) is 6.18. The number of aromatic nitrogens is 4. The van der Waals surface area contributed by atoms with Gasteiger partial charge in [0, 0.05) is 19.3 Å². The maximum atomic E-state index is 12.8. The van der Waals surface area contributed by atoms with Gasteiger partial charge < -0.3 is 9.80 Å². The lowest BCUT2D eigenvalue weighted by Crippen LogP contribution is -2.56. The number of rotatable bonds is 5.